The normalized spacial score (nSPS) is 18.6. The second kappa shape index (κ2) is 7.06. The van der Waals surface area contributed by atoms with Gasteiger partial charge in [-0.25, -0.2) is 4.98 Å². The number of nitrogens with one attached hydrogen (secondary N) is 1. The number of hydrogen-bond acceptors (Lipinski definition) is 5. The van der Waals surface area contributed by atoms with Gasteiger partial charge in [-0.1, -0.05) is 6.07 Å². The van der Waals surface area contributed by atoms with Crippen LogP contribution in [0.1, 0.15) is 41.5 Å². The van der Waals surface area contributed by atoms with E-state index in [0.717, 1.165) is 29.9 Å². The summed E-state index contributed by atoms with van der Waals surface area (Å²) in [6.45, 7) is 5.28. The summed E-state index contributed by atoms with van der Waals surface area (Å²) in [5.41, 5.74) is 1.86. The molecule has 1 unspecified atom stereocenters. The Hall–Kier alpha value is -2.83. The molecule has 1 saturated heterocycles. The third kappa shape index (κ3) is 3.41. The van der Waals surface area contributed by atoms with Crippen LogP contribution >= 0.6 is 0 Å². The quantitative estimate of drug-likeness (QED) is 0.895. The van der Waals surface area contributed by atoms with E-state index >= 15 is 0 Å². The molecular weight excluding hydrogens is 346 g/mol. The molecule has 0 bridgehead atoms. The lowest BCUT2D eigenvalue weighted by Crippen LogP contribution is -2.34. The van der Waals surface area contributed by atoms with E-state index in [1.807, 2.05) is 23.1 Å². The number of fused-ring (bicyclic) bond motifs is 1. The van der Waals surface area contributed by atoms with Crippen molar-refractivity contribution < 1.29 is 14.3 Å². The zero-order chi connectivity index (χ0) is 19.0. The topological polar surface area (TPSA) is 84.5 Å². The molecule has 0 aliphatic carbocycles. The van der Waals surface area contributed by atoms with Crippen molar-refractivity contribution in [2.24, 2.45) is 0 Å². The lowest BCUT2D eigenvalue weighted by Gasteiger charge is -2.27. The van der Waals surface area contributed by atoms with Gasteiger partial charge < -0.3 is 19.4 Å². The summed E-state index contributed by atoms with van der Waals surface area (Å²) in [5.74, 6) is 1.98. The largest absolute Gasteiger partial charge is 0.486 e. The minimum atomic E-state index is -0.233. The van der Waals surface area contributed by atoms with E-state index < -0.39 is 0 Å². The van der Waals surface area contributed by atoms with Gasteiger partial charge in [0, 0.05) is 17.8 Å². The number of rotatable bonds is 3. The molecule has 1 atom stereocenters. The lowest BCUT2D eigenvalue weighted by atomic mass is 10.0. The molecule has 27 heavy (non-hydrogen) atoms. The highest BCUT2D eigenvalue weighted by molar-refractivity contribution is 5.79. The number of benzene rings is 1. The second-order valence-electron chi connectivity index (χ2n) is 7.04. The van der Waals surface area contributed by atoms with Gasteiger partial charge in [-0.15, -0.1) is 0 Å². The van der Waals surface area contributed by atoms with Gasteiger partial charge in [-0.2, -0.15) is 0 Å². The Morgan fingerprint density at radius 3 is 2.81 bits per heavy atom. The van der Waals surface area contributed by atoms with Gasteiger partial charge in [-0.3, -0.25) is 9.59 Å². The minimum Gasteiger partial charge on any atom is -0.486 e. The van der Waals surface area contributed by atoms with Gasteiger partial charge in [0.1, 0.15) is 19.0 Å². The SMILES string of the molecule is Cc1nc(C)c(CC(=O)N2CCCC2c2ccc3c(c2)OCCO3)c(=O)[nH]1. The highest BCUT2D eigenvalue weighted by atomic mass is 16.6. The third-order valence-corrected chi connectivity index (χ3v) is 5.19. The first-order chi connectivity index (χ1) is 13.0. The van der Waals surface area contributed by atoms with Crippen molar-refractivity contribution in [1.82, 2.24) is 14.9 Å². The Labute approximate surface area is 157 Å². The number of carbonyl (C=O) groups excluding carboxylic acids is 1. The Morgan fingerprint density at radius 1 is 1.26 bits per heavy atom. The van der Waals surface area contributed by atoms with Crippen molar-refractivity contribution in [3.63, 3.8) is 0 Å². The van der Waals surface area contributed by atoms with Crippen LogP contribution in [0.2, 0.25) is 0 Å². The van der Waals surface area contributed by atoms with Gasteiger partial charge in [0.2, 0.25) is 5.91 Å². The van der Waals surface area contributed by atoms with E-state index in [0.29, 0.717) is 36.8 Å². The van der Waals surface area contributed by atoms with Crippen LogP contribution in [-0.2, 0) is 11.2 Å². The van der Waals surface area contributed by atoms with Crippen molar-refractivity contribution in [2.45, 2.75) is 39.2 Å². The zero-order valence-electron chi connectivity index (χ0n) is 15.6. The van der Waals surface area contributed by atoms with Crippen molar-refractivity contribution in [1.29, 1.82) is 0 Å². The van der Waals surface area contributed by atoms with E-state index in [-0.39, 0.29) is 23.9 Å². The number of ether oxygens (including phenoxy) is 2. The molecule has 0 saturated carbocycles. The van der Waals surface area contributed by atoms with Crippen LogP contribution < -0.4 is 15.0 Å². The van der Waals surface area contributed by atoms with Crippen LogP contribution in [0.4, 0.5) is 0 Å². The number of hydrogen-bond donors (Lipinski definition) is 1. The van der Waals surface area contributed by atoms with Gasteiger partial charge in [-0.05, 0) is 44.4 Å². The molecular formula is C20H23N3O4. The Morgan fingerprint density at radius 2 is 2.04 bits per heavy atom. The van der Waals surface area contributed by atoms with Crippen molar-refractivity contribution in [3.05, 3.63) is 51.2 Å². The maximum atomic E-state index is 13.0. The van der Waals surface area contributed by atoms with E-state index in [1.54, 1.807) is 13.8 Å². The number of carbonyl (C=O) groups is 1. The zero-order valence-corrected chi connectivity index (χ0v) is 15.6. The van der Waals surface area contributed by atoms with Crippen LogP contribution in [0, 0.1) is 13.8 Å². The van der Waals surface area contributed by atoms with Crippen molar-refractivity contribution in [3.8, 4) is 11.5 Å². The van der Waals surface area contributed by atoms with E-state index in [4.69, 9.17) is 9.47 Å². The first-order valence-electron chi connectivity index (χ1n) is 9.28. The molecule has 1 N–H and O–H groups in total. The maximum Gasteiger partial charge on any atom is 0.254 e. The molecule has 1 aromatic heterocycles. The molecule has 3 heterocycles. The first kappa shape index (κ1) is 17.6. The molecule has 2 aromatic rings. The van der Waals surface area contributed by atoms with Crippen molar-refractivity contribution in [2.75, 3.05) is 19.8 Å². The standard InChI is InChI=1S/C20H23N3O4/c1-12-15(20(25)22-13(2)21-12)11-19(24)23-7-3-4-16(23)14-5-6-17-18(10-14)27-9-8-26-17/h5-6,10,16H,3-4,7-9,11H2,1-2H3,(H,21,22,25). The van der Waals surface area contributed by atoms with Crippen LogP contribution in [0.25, 0.3) is 0 Å². The van der Waals surface area contributed by atoms with Gasteiger partial charge in [0.15, 0.2) is 11.5 Å². The monoisotopic (exact) mass is 369 g/mol. The van der Waals surface area contributed by atoms with Gasteiger partial charge in [0.05, 0.1) is 12.5 Å². The maximum absolute atomic E-state index is 13.0. The number of aromatic nitrogens is 2. The van der Waals surface area contributed by atoms with Crippen LogP contribution in [0.3, 0.4) is 0 Å². The average molecular weight is 369 g/mol. The van der Waals surface area contributed by atoms with Gasteiger partial charge in [0.25, 0.3) is 5.56 Å². The number of H-pyrrole nitrogens is 1. The van der Waals surface area contributed by atoms with E-state index in [2.05, 4.69) is 9.97 Å². The highest BCUT2D eigenvalue weighted by Gasteiger charge is 2.31. The first-order valence-corrected chi connectivity index (χ1v) is 9.28. The summed E-state index contributed by atoms with van der Waals surface area (Å²) in [5, 5.41) is 0. The number of likely N-dealkylation sites (tertiary alicyclic amines) is 1. The third-order valence-electron chi connectivity index (χ3n) is 5.19. The minimum absolute atomic E-state index is 0.00822. The summed E-state index contributed by atoms with van der Waals surface area (Å²) in [4.78, 5) is 34.0. The summed E-state index contributed by atoms with van der Waals surface area (Å²) in [6.07, 6.45) is 1.90. The lowest BCUT2D eigenvalue weighted by molar-refractivity contribution is -0.131. The molecule has 2 aliphatic heterocycles. The van der Waals surface area contributed by atoms with Crippen LogP contribution in [-0.4, -0.2) is 40.5 Å². The molecule has 4 rings (SSSR count). The molecule has 1 aromatic carbocycles. The average Bonchev–Trinajstić information content (AvgIpc) is 3.14. The summed E-state index contributed by atoms with van der Waals surface area (Å²) in [7, 11) is 0. The summed E-state index contributed by atoms with van der Waals surface area (Å²) >= 11 is 0. The second-order valence-corrected chi connectivity index (χ2v) is 7.04. The molecule has 1 fully saturated rings. The smallest absolute Gasteiger partial charge is 0.254 e. The molecule has 1 amide bonds. The summed E-state index contributed by atoms with van der Waals surface area (Å²) < 4.78 is 11.3. The number of aromatic amines is 1. The fraction of sp³-hybridized carbons (Fsp3) is 0.450. The van der Waals surface area contributed by atoms with Gasteiger partial charge >= 0.3 is 0 Å². The van der Waals surface area contributed by atoms with E-state index in [1.165, 1.54) is 0 Å². The number of nitrogens with zero attached hydrogens (tertiary/aromatic N) is 2. The fourth-order valence-electron chi connectivity index (χ4n) is 3.89. The molecule has 2 aliphatic rings. The molecule has 0 spiro atoms. The fourth-order valence-corrected chi connectivity index (χ4v) is 3.89. The molecule has 0 radical (unpaired) electrons. The van der Waals surface area contributed by atoms with Crippen LogP contribution in [0.15, 0.2) is 23.0 Å². The molecule has 7 heteroatoms. The number of amides is 1. The molecule has 142 valence electrons. The Bertz CT molecular complexity index is 937. The van der Waals surface area contributed by atoms with E-state index in [9.17, 15) is 9.59 Å². The molecule has 7 nitrogen and oxygen atoms in total. The predicted octanol–water partition coefficient (Wildman–Crippen LogP) is 2.06. The van der Waals surface area contributed by atoms with Crippen LogP contribution in [0.5, 0.6) is 11.5 Å². The van der Waals surface area contributed by atoms with Crippen molar-refractivity contribution >= 4 is 5.91 Å². The summed E-state index contributed by atoms with van der Waals surface area (Å²) in [6, 6.07) is 5.86. The number of aryl methyl sites for hydroxylation is 2. The Kier molecular flexibility index (Phi) is 4.59. The predicted molar refractivity (Wildman–Crippen MR) is 99.2 cm³/mol. The Balaban J connectivity index is 1.56. The highest BCUT2D eigenvalue weighted by Crippen LogP contribution is 2.38.